The molecular formula is C18H31IN4. The van der Waals surface area contributed by atoms with Crippen LogP contribution >= 0.6 is 24.0 Å². The Morgan fingerprint density at radius 1 is 1.26 bits per heavy atom. The molecule has 1 fully saturated rings. The molecule has 0 aromatic heterocycles. The van der Waals surface area contributed by atoms with Gasteiger partial charge in [-0.1, -0.05) is 30.3 Å². The number of benzene rings is 1. The molecule has 1 aliphatic rings. The molecule has 1 heterocycles. The third-order valence-corrected chi connectivity index (χ3v) is 4.12. The van der Waals surface area contributed by atoms with Crippen LogP contribution in [0.4, 0.5) is 0 Å². The molecule has 23 heavy (non-hydrogen) atoms. The third kappa shape index (κ3) is 8.01. The predicted octanol–water partition coefficient (Wildman–Crippen LogP) is 2.74. The van der Waals surface area contributed by atoms with Gasteiger partial charge in [0, 0.05) is 26.2 Å². The zero-order valence-electron chi connectivity index (χ0n) is 14.4. The van der Waals surface area contributed by atoms with Crippen molar-refractivity contribution in [1.82, 2.24) is 15.5 Å². The summed E-state index contributed by atoms with van der Waals surface area (Å²) in [6.07, 6.45) is 3.51. The van der Waals surface area contributed by atoms with Gasteiger partial charge in [0.15, 0.2) is 5.96 Å². The topological polar surface area (TPSA) is 39.7 Å². The van der Waals surface area contributed by atoms with Gasteiger partial charge in [0.05, 0.1) is 0 Å². The Labute approximate surface area is 158 Å². The second-order valence-electron chi connectivity index (χ2n) is 6.15. The lowest BCUT2D eigenvalue weighted by molar-refractivity contribution is 0.397. The minimum atomic E-state index is 0. The van der Waals surface area contributed by atoms with Crippen molar-refractivity contribution in [1.29, 1.82) is 0 Å². The van der Waals surface area contributed by atoms with Crippen molar-refractivity contribution in [3.8, 4) is 0 Å². The van der Waals surface area contributed by atoms with Crippen LogP contribution in [0.5, 0.6) is 0 Å². The first-order chi connectivity index (χ1) is 10.8. The summed E-state index contributed by atoms with van der Waals surface area (Å²) in [5.74, 6) is 1.68. The van der Waals surface area contributed by atoms with Crippen molar-refractivity contribution in [2.24, 2.45) is 10.9 Å². The molecule has 4 nitrogen and oxygen atoms in total. The number of hydrogen-bond acceptors (Lipinski definition) is 2. The number of aliphatic imine (C=N–C) groups is 1. The maximum Gasteiger partial charge on any atom is 0.191 e. The first-order valence-electron chi connectivity index (χ1n) is 8.52. The van der Waals surface area contributed by atoms with Gasteiger partial charge in [-0.2, -0.15) is 0 Å². The Bertz CT molecular complexity index is 450. The van der Waals surface area contributed by atoms with Crippen LogP contribution < -0.4 is 10.6 Å². The number of guanidine groups is 1. The van der Waals surface area contributed by atoms with Crippen LogP contribution in [-0.2, 0) is 6.42 Å². The molecule has 1 aromatic rings. The van der Waals surface area contributed by atoms with Gasteiger partial charge < -0.3 is 15.5 Å². The van der Waals surface area contributed by atoms with E-state index in [2.05, 4.69) is 59.8 Å². The van der Waals surface area contributed by atoms with E-state index in [4.69, 9.17) is 4.99 Å². The van der Waals surface area contributed by atoms with E-state index < -0.39 is 0 Å². The van der Waals surface area contributed by atoms with Crippen molar-refractivity contribution in [3.63, 3.8) is 0 Å². The number of nitrogens with zero attached hydrogens (tertiary/aromatic N) is 2. The minimum absolute atomic E-state index is 0. The molecule has 1 atom stereocenters. The summed E-state index contributed by atoms with van der Waals surface area (Å²) in [7, 11) is 2.19. The number of nitrogens with one attached hydrogen (secondary N) is 2. The smallest absolute Gasteiger partial charge is 0.191 e. The van der Waals surface area contributed by atoms with Crippen LogP contribution in [-0.4, -0.2) is 50.6 Å². The molecule has 0 aliphatic carbocycles. The van der Waals surface area contributed by atoms with E-state index in [1.54, 1.807) is 0 Å². The Morgan fingerprint density at radius 3 is 2.70 bits per heavy atom. The highest BCUT2D eigenvalue weighted by atomic mass is 127. The predicted molar refractivity (Wildman–Crippen MR) is 110 cm³/mol. The van der Waals surface area contributed by atoms with Gasteiger partial charge in [0.2, 0.25) is 0 Å². The van der Waals surface area contributed by atoms with Gasteiger partial charge >= 0.3 is 0 Å². The molecular weight excluding hydrogens is 399 g/mol. The molecule has 0 bridgehead atoms. The lowest BCUT2D eigenvalue weighted by Crippen LogP contribution is -2.38. The van der Waals surface area contributed by atoms with Crippen LogP contribution in [0, 0.1) is 5.92 Å². The fourth-order valence-electron chi connectivity index (χ4n) is 2.88. The van der Waals surface area contributed by atoms with Crippen molar-refractivity contribution >= 4 is 29.9 Å². The summed E-state index contributed by atoms with van der Waals surface area (Å²) in [5.41, 5.74) is 1.40. The summed E-state index contributed by atoms with van der Waals surface area (Å²) in [6, 6.07) is 10.7. The van der Waals surface area contributed by atoms with Crippen LogP contribution in [0.2, 0.25) is 0 Å². The largest absolute Gasteiger partial charge is 0.357 e. The second-order valence-corrected chi connectivity index (χ2v) is 6.15. The second kappa shape index (κ2) is 11.7. The average Bonchev–Trinajstić information content (AvgIpc) is 2.95. The molecule has 0 radical (unpaired) electrons. The highest BCUT2D eigenvalue weighted by molar-refractivity contribution is 14.0. The first kappa shape index (κ1) is 20.2. The van der Waals surface area contributed by atoms with Crippen LogP contribution in [0.25, 0.3) is 0 Å². The van der Waals surface area contributed by atoms with Crippen molar-refractivity contribution in [3.05, 3.63) is 35.9 Å². The molecule has 1 unspecified atom stereocenters. The molecule has 1 aliphatic heterocycles. The average molecular weight is 430 g/mol. The van der Waals surface area contributed by atoms with E-state index in [0.29, 0.717) is 5.92 Å². The zero-order chi connectivity index (χ0) is 15.6. The van der Waals surface area contributed by atoms with E-state index >= 15 is 0 Å². The maximum absolute atomic E-state index is 4.74. The molecule has 0 saturated carbocycles. The maximum atomic E-state index is 4.74. The molecule has 5 heteroatoms. The van der Waals surface area contributed by atoms with E-state index in [9.17, 15) is 0 Å². The van der Waals surface area contributed by atoms with Gasteiger partial charge in [-0.3, -0.25) is 4.99 Å². The fourth-order valence-corrected chi connectivity index (χ4v) is 2.88. The van der Waals surface area contributed by atoms with Crippen LogP contribution in [0.3, 0.4) is 0 Å². The summed E-state index contributed by atoms with van der Waals surface area (Å²) in [4.78, 5) is 7.13. The zero-order valence-corrected chi connectivity index (χ0v) is 16.8. The van der Waals surface area contributed by atoms with Crippen molar-refractivity contribution < 1.29 is 0 Å². The Kier molecular flexibility index (Phi) is 10.3. The van der Waals surface area contributed by atoms with Crippen molar-refractivity contribution in [2.45, 2.75) is 26.2 Å². The lowest BCUT2D eigenvalue weighted by Gasteiger charge is -2.13. The highest BCUT2D eigenvalue weighted by Crippen LogP contribution is 2.14. The first-order valence-corrected chi connectivity index (χ1v) is 8.52. The van der Waals surface area contributed by atoms with E-state index in [1.165, 1.54) is 25.1 Å². The fraction of sp³-hybridized carbons (Fsp3) is 0.611. The summed E-state index contributed by atoms with van der Waals surface area (Å²) >= 11 is 0. The lowest BCUT2D eigenvalue weighted by atomic mass is 10.1. The Morgan fingerprint density at radius 2 is 2.04 bits per heavy atom. The number of likely N-dealkylation sites (tertiary alicyclic amines) is 1. The van der Waals surface area contributed by atoms with Crippen LogP contribution in [0.15, 0.2) is 35.3 Å². The molecule has 130 valence electrons. The van der Waals surface area contributed by atoms with Gasteiger partial charge in [0.1, 0.15) is 0 Å². The summed E-state index contributed by atoms with van der Waals surface area (Å²) < 4.78 is 0. The van der Waals surface area contributed by atoms with Gasteiger partial charge in [-0.15, -0.1) is 24.0 Å². The Hall–Kier alpha value is -0.820. The van der Waals surface area contributed by atoms with Gasteiger partial charge in [0.25, 0.3) is 0 Å². The standard InChI is InChI=1S/C18H30N4.HI/c1-3-19-18(21-14-17-11-13-22(2)15-17)20-12-7-10-16-8-5-4-6-9-16;/h4-6,8-9,17H,3,7,10-15H2,1-2H3,(H2,19,20,21);1H. The molecule has 2 N–H and O–H groups in total. The number of halogens is 1. The highest BCUT2D eigenvalue weighted by Gasteiger charge is 2.18. The molecule has 0 amide bonds. The van der Waals surface area contributed by atoms with E-state index in [1.807, 2.05) is 0 Å². The molecule has 1 aromatic carbocycles. The Balaban J connectivity index is 0.00000264. The van der Waals surface area contributed by atoms with Crippen LogP contribution in [0.1, 0.15) is 25.3 Å². The summed E-state index contributed by atoms with van der Waals surface area (Å²) in [5, 5.41) is 6.79. The molecule has 1 saturated heterocycles. The normalized spacial score (nSPS) is 18.5. The third-order valence-electron chi connectivity index (χ3n) is 4.12. The molecule has 2 rings (SSSR count). The summed E-state index contributed by atoms with van der Waals surface area (Å²) in [6.45, 7) is 7.31. The minimum Gasteiger partial charge on any atom is -0.357 e. The number of hydrogen-bond donors (Lipinski definition) is 2. The number of aryl methyl sites for hydroxylation is 1. The monoisotopic (exact) mass is 430 g/mol. The SMILES string of the molecule is CCNC(=NCC1CCN(C)C1)NCCCc1ccccc1.I. The van der Waals surface area contributed by atoms with Crippen molar-refractivity contribution in [2.75, 3.05) is 39.8 Å². The quantitative estimate of drug-likeness (QED) is 0.303. The number of rotatable bonds is 7. The van der Waals surface area contributed by atoms with E-state index in [-0.39, 0.29) is 24.0 Å². The van der Waals surface area contributed by atoms with E-state index in [0.717, 1.165) is 38.4 Å². The molecule has 0 spiro atoms. The van der Waals surface area contributed by atoms with Gasteiger partial charge in [-0.25, -0.2) is 0 Å². The van der Waals surface area contributed by atoms with Gasteiger partial charge in [-0.05, 0) is 51.3 Å².